The number of nitrogens with zero attached hydrogens (tertiary/aromatic N) is 2. The molecule has 1 aromatic heterocycles. The molecular formula is C12H15Cl3N2. The Morgan fingerprint density at radius 2 is 2.06 bits per heavy atom. The van der Waals surface area contributed by atoms with Gasteiger partial charge in [0.05, 0.1) is 10.0 Å². The lowest BCUT2D eigenvalue weighted by atomic mass is 10.00. The molecule has 1 saturated heterocycles. The lowest BCUT2D eigenvalue weighted by Gasteiger charge is -2.36. The molecule has 1 unspecified atom stereocenters. The quantitative estimate of drug-likeness (QED) is 0.727. The highest BCUT2D eigenvalue weighted by Crippen LogP contribution is 2.34. The van der Waals surface area contributed by atoms with E-state index in [4.69, 9.17) is 34.8 Å². The lowest BCUT2D eigenvalue weighted by molar-refractivity contribution is 0.447. The molecule has 94 valence electrons. The Kier molecular flexibility index (Phi) is 4.40. The van der Waals surface area contributed by atoms with Crippen LogP contribution in [0.25, 0.3) is 0 Å². The number of hydrogen-bond acceptors (Lipinski definition) is 2. The fraction of sp³-hybridized carbons (Fsp3) is 0.583. The first-order valence-electron chi connectivity index (χ1n) is 5.91. The Labute approximate surface area is 117 Å². The third kappa shape index (κ3) is 2.81. The molecule has 1 fully saturated rings. The molecule has 1 aliphatic heterocycles. The number of aromatic nitrogens is 1. The van der Waals surface area contributed by atoms with Crippen LogP contribution in [0.2, 0.25) is 15.2 Å². The predicted molar refractivity (Wildman–Crippen MR) is 74.5 cm³/mol. The number of rotatable bonds is 2. The van der Waals surface area contributed by atoms with E-state index in [0.717, 1.165) is 18.8 Å². The monoisotopic (exact) mass is 292 g/mol. The molecule has 0 radical (unpaired) electrons. The fourth-order valence-corrected chi connectivity index (χ4v) is 2.94. The first-order chi connectivity index (χ1) is 8.13. The Balaban J connectivity index is 2.34. The van der Waals surface area contributed by atoms with E-state index in [2.05, 4.69) is 16.8 Å². The summed E-state index contributed by atoms with van der Waals surface area (Å²) in [6, 6.07) is 2.18. The van der Waals surface area contributed by atoms with Gasteiger partial charge in [-0.15, -0.1) is 0 Å². The Hall–Kier alpha value is -0.180. The van der Waals surface area contributed by atoms with Crippen molar-refractivity contribution in [3.05, 3.63) is 21.3 Å². The molecule has 0 bridgehead atoms. The van der Waals surface area contributed by atoms with Gasteiger partial charge in [0.1, 0.15) is 11.0 Å². The summed E-state index contributed by atoms with van der Waals surface area (Å²) in [6.45, 7) is 3.18. The normalized spacial score (nSPS) is 20.7. The summed E-state index contributed by atoms with van der Waals surface area (Å²) < 4.78 is 0. The van der Waals surface area contributed by atoms with E-state index in [1.807, 2.05) is 0 Å². The minimum Gasteiger partial charge on any atom is -0.352 e. The highest BCUT2D eigenvalue weighted by Gasteiger charge is 2.24. The molecule has 0 N–H and O–H groups in total. The van der Waals surface area contributed by atoms with Crippen molar-refractivity contribution < 1.29 is 0 Å². The third-order valence-electron chi connectivity index (χ3n) is 3.24. The largest absolute Gasteiger partial charge is 0.352 e. The standard InChI is InChI=1S/C12H15Cl3N2/c1-2-8-5-3-4-6-17(8)12-10(14)7-9(13)11(15)16-12/h7-8H,2-6H2,1H3. The van der Waals surface area contributed by atoms with E-state index >= 15 is 0 Å². The van der Waals surface area contributed by atoms with Gasteiger partial charge in [-0.1, -0.05) is 41.7 Å². The Bertz CT molecular complexity index is 409. The zero-order valence-corrected chi connectivity index (χ0v) is 12.0. The molecular weight excluding hydrogens is 279 g/mol. The summed E-state index contributed by atoms with van der Waals surface area (Å²) in [6.07, 6.45) is 4.73. The Morgan fingerprint density at radius 1 is 1.29 bits per heavy atom. The van der Waals surface area contributed by atoms with Crippen LogP contribution in [0.1, 0.15) is 32.6 Å². The van der Waals surface area contributed by atoms with Gasteiger partial charge in [-0.05, 0) is 31.7 Å². The first-order valence-corrected chi connectivity index (χ1v) is 7.05. The SMILES string of the molecule is CCC1CCCCN1c1nc(Cl)c(Cl)cc1Cl. The van der Waals surface area contributed by atoms with Crippen LogP contribution >= 0.6 is 34.8 Å². The second kappa shape index (κ2) is 5.64. The Morgan fingerprint density at radius 3 is 2.76 bits per heavy atom. The maximum absolute atomic E-state index is 6.21. The van der Waals surface area contributed by atoms with E-state index in [0.29, 0.717) is 21.2 Å². The minimum atomic E-state index is 0.325. The van der Waals surface area contributed by atoms with Crippen molar-refractivity contribution in [1.29, 1.82) is 0 Å². The second-order valence-electron chi connectivity index (χ2n) is 4.32. The number of hydrogen-bond donors (Lipinski definition) is 0. The predicted octanol–water partition coefficient (Wildman–Crippen LogP) is 4.81. The molecule has 0 aromatic carbocycles. The van der Waals surface area contributed by atoms with Gasteiger partial charge < -0.3 is 4.90 Å². The van der Waals surface area contributed by atoms with Crippen molar-refractivity contribution in [2.75, 3.05) is 11.4 Å². The lowest BCUT2D eigenvalue weighted by Crippen LogP contribution is -2.39. The fourth-order valence-electron chi connectivity index (χ4n) is 2.34. The summed E-state index contributed by atoms with van der Waals surface area (Å²) in [4.78, 5) is 6.58. The number of halogens is 3. The van der Waals surface area contributed by atoms with Gasteiger partial charge in [0, 0.05) is 12.6 Å². The maximum atomic E-state index is 6.21. The second-order valence-corrected chi connectivity index (χ2v) is 5.49. The van der Waals surface area contributed by atoms with Gasteiger partial charge >= 0.3 is 0 Å². The van der Waals surface area contributed by atoms with Crippen LogP contribution in [0.5, 0.6) is 0 Å². The summed E-state index contributed by atoms with van der Waals surface area (Å²) in [5.74, 6) is 0.771. The zero-order chi connectivity index (χ0) is 12.4. The maximum Gasteiger partial charge on any atom is 0.150 e. The molecule has 2 heterocycles. The van der Waals surface area contributed by atoms with Crippen molar-refractivity contribution in [1.82, 2.24) is 4.98 Å². The highest BCUT2D eigenvalue weighted by molar-refractivity contribution is 6.42. The number of piperidine rings is 1. The van der Waals surface area contributed by atoms with Gasteiger partial charge in [-0.2, -0.15) is 0 Å². The van der Waals surface area contributed by atoms with Crippen LogP contribution in [-0.2, 0) is 0 Å². The number of pyridine rings is 1. The van der Waals surface area contributed by atoms with E-state index in [9.17, 15) is 0 Å². The highest BCUT2D eigenvalue weighted by atomic mass is 35.5. The molecule has 2 nitrogen and oxygen atoms in total. The van der Waals surface area contributed by atoms with Crippen molar-refractivity contribution in [3.63, 3.8) is 0 Å². The molecule has 0 spiro atoms. The van der Waals surface area contributed by atoms with Crippen molar-refractivity contribution in [2.45, 2.75) is 38.6 Å². The number of anilines is 1. The zero-order valence-electron chi connectivity index (χ0n) is 9.72. The molecule has 17 heavy (non-hydrogen) atoms. The van der Waals surface area contributed by atoms with Gasteiger partial charge in [0.15, 0.2) is 0 Å². The smallest absolute Gasteiger partial charge is 0.150 e. The average Bonchev–Trinajstić information content (AvgIpc) is 2.34. The summed E-state index contributed by atoms with van der Waals surface area (Å²) in [5, 5.41) is 1.32. The van der Waals surface area contributed by atoms with Crippen LogP contribution in [0.4, 0.5) is 5.82 Å². The van der Waals surface area contributed by atoms with E-state index in [1.165, 1.54) is 19.3 Å². The summed E-state index contributed by atoms with van der Waals surface area (Å²) in [5.41, 5.74) is 0. The van der Waals surface area contributed by atoms with Gasteiger partial charge in [-0.25, -0.2) is 4.98 Å². The first kappa shape index (κ1) is 13.3. The summed E-state index contributed by atoms with van der Waals surface area (Å²) in [7, 11) is 0. The van der Waals surface area contributed by atoms with Gasteiger partial charge in [-0.3, -0.25) is 0 Å². The van der Waals surface area contributed by atoms with Gasteiger partial charge in [0.2, 0.25) is 0 Å². The molecule has 0 aliphatic carbocycles. The molecule has 0 saturated carbocycles. The third-order valence-corrected chi connectivity index (χ3v) is 4.19. The average molecular weight is 294 g/mol. The van der Waals surface area contributed by atoms with Crippen molar-refractivity contribution >= 4 is 40.6 Å². The van der Waals surface area contributed by atoms with Crippen LogP contribution in [-0.4, -0.2) is 17.6 Å². The van der Waals surface area contributed by atoms with Crippen LogP contribution in [0.15, 0.2) is 6.07 Å². The molecule has 1 aromatic rings. The van der Waals surface area contributed by atoms with E-state index in [1.54, 1.807) is 6.07 Å². The van der Waals surface area contributed by atoms with Gasteiger partial charge in [0.25, 0.3) is 0 Å². The molecule has 1 aliphatic rings. The topological polar surface area (TPSA) is 16.1 Å². The van der Waals surface area contributed by atoms with E-state index in [-0.39, 0.29) is 0 Å². The van der Waals surface area contributed by atoms with Crippen LogP contribution < -0.4 is 4.90 Å². The van der Waals surface area contributed by atoms with Crippen LogP contribution in [0.3, 0.4) is 0 Å². The molecule has 5 heteroatoms. The molecule has 0 amide bonds. The molecule has 2 rings (SSSR count). The summed E-state index contributed by atoms with van der Waals surface area (Å²) >= 11 is 18.1. The van der Waals surface area contributed by atoms with Crippen molar-refractivity contribution in [2.24, 2.45) is 0 Å². The van der Waals surface area contributed by atoms with Crippen molar-refractivity contribution in [3.8, 4) is 0 Å². The minimum absolute atomic E-state index is 0.325. The van der Waals surface area contributed by atoms with Crippen LogP contribution in [0, 0.1) is 0 Å². The van der Waals surface area contributed by atoms with E-state index < -0.39 is 0 Å². The molecule has 1 atom stereocenters.